The number of benzene rings is 2. The predicted molar refractivity (Wildman–Crippen MR) is 134 cm³/mol. The maximum absolute atomic E-state index is 12.8. The van der Waals surface area contributed by atoms with Gasteiger partial charge in [0.2, 0.25) is 0 Å². The lowest BCUT2D eigenvalue weighted by Gasteiger charge is -2.19. The normalized spacial score (nSPS) is 12.0. The largest absolute Gasteiger partial charge is 0.490 e. The van der Waals surface area contributed by atoms with E-state index in [2.05, 4.69) is 31.8 Å². The number of nitrogens with zero attached hydrogens (tertiary/aromatic N) is 1. The van der Waals surface area contributed by atoms with Gasteiger partial charge in [-0.15, -0.1) is 0 Å². The summed E-state index contributed by atoms with van der Waals surface area (Å²) >= 11 is 9.37. The molecule has 0 radical (unpaired) electrons. The van der Waals surface area contributed by atoms with Crippen LogP contribution in [0.4, 0.5) is 0 Å². The summed E-state index contributed by atoms with van der Waals surface area (Å²) in [4.78, 5) is 25.3. The molecule has 7 nitrogen and oxygen atoms in total. The fraction of sp³-hybridized carbons (Fsp3) is 0.375. The molecule has 9 heteroatoms. The molecule has 0 spiro atoms. The fourth-order valence-electron chi connectivity index (χ4n) is 3.00. The molecule has 2 aromatic carbocycles. The Bertz CT molecular complexity index is 980. The van der Waals surface area contributed by atoms with Gasteiger partial charge in [0.1, 0.15) is 6.04 Å². The first kappa shape index (κ1) is 26.7. The Hall–Kier alpha value is -2.58. The third-order valence-corrected chi connectivity index (χ3v) is 5.29. The van der Waals surface area contributed by atoms with Crippen molar-refractivity contribution in [3.8, 4) is 11.5 Å². The third kappa shape index (κ3) is 8.37. The first-order chi connectivity index (χ1) is 15.7. The van der Waals surface area contributed by atoms with Crippen LogP contribution in [0.25, 0.3) is 0 Å². The van der Waals surface area contributed by atoms with Crippen LogP contribution in [0.15, 0.2) is 46.0 Å². The minimum absolute atomic E-state index is 0.186. The minimum atomic E-state index is -0.739. The van der Waals surface area contributed by atoms with Gasteiger partial charge in [0.25, 0.3) is 11.8 Å². The minimum Gasteiger partial charge on any atom is -0.490 e. The number of carbonyl (C=O) groups excluding carboxylic acids is 2. The average molecular weight is 539 g/mol. The van der Waals surface area contributed by atoms with Crippen LogP contribution in [-0.4, -0.2) is 37.3 Å². The highest BCUT2D eigenvalue weighted by Gasteiger charge is 2.22. The van der Waals surface area contributed by atoms with Gasteiger partial charge in [0.15, 0.2) is 11.5 Å². The molecule has 0 bridgehead atoms. The molecule has 2 aromatic rings. The number of hydrazone groups is 1. The number of halogens is 2. The first-order valence-electron chi connectivity index (χ1n) is 10.7. The number of amides is 2. The molecule has 1 unspecified atom stereocenters. The van der Waals surface area contributed by atoms with E-state index >= 15 is 0 Å². The van der Waals surface area contributed by atoms with Gasteiger partial charge >= 0.3 is 0 Å². The summed E-state index contributed by atoms with van der Waals surface area (Å²) in [5.41, 5.74) is 3.65. The second-order valence-electron chi connectivity index (χ2n) is 7.59. The molecule has 0 saturated heterocycles. The second kappa shape index (κ2) is 13.2. The summed E-state index contributed by atoms with van der Waals surface area (Å²) in [5, 5.41) is 7.38. The van der Waals surface area contributed by atoms with Gasteiger partial charge < -0.3 is 14.8 Å². The van der Waals surface area contributed by atoms with Crippen molar-refractivity contribution in [1.82, 2.24) is 10.7 Å². The van der Waals surface area contributed by atoms with Crippen LogP contribution < -0.4 is 20.2 Å². The first-order valence-corrected chi connectivity index (χ1v) is 11.9. The molecule has 0 heterocycles. The van der Waals surface area contributed by atoms with Crippen LogP contribution in [0.5, 0.6) is 11.5 Å². The van der Waals surface area contributed by atoms with Crippen LogP contribution in [0, 0.1) is 5.92 Å². The fourth-order valence-corrected chi connectivity index (χ4v) is 3.70. The Kier molecular flexibility index (Phi) is 10.7. The zero-order valence-electron chi connectivity index (χ0n) is 19.2. The second-order valence-corrected chi connectivity index (χ2v) is 8.88. The molecule has 0 aliphatic heterocycles. The van der Waals surface area contributed by atoms with Gasteiger partial charge in [-0.2, -0.15) is 5.10 Å². The van der Waals surface area contributed by atoms with Crippen molar-refractivity contribution < 1.29 is 19.1 Å². The van der Waals surface area contributed by atoms with Crippen molar-refractivity contribution >= 4 is 45.6 Å². The van der Waals surface area contributed by atoms with Crippen molar-refractivity contribution in [1.29, 1.82) is 0 Å². The third-order valence-electron chi connectivity index (χ3n) is 4.44. The molecular weight excluding hydrogens is 510 g/mol. The van der Waals surface area contributed by atoms with E-state index in [-0.39, 0.29) is 11.8 Å². The van der Waals surface area contributed by atoms with E-state index in [4.69, 9.17) is 21.1 Å². The Morgan fingerprint density at radius 1 is 1.12 bits per heavy atom. The van der Waals surface area contributed by atoms with E-state index in [1.165, 1.54) is 6.21 Å². The number of nitrogens with one attached hydrogen (secondary N) is 2. The van der Waals surface area contributed by atoms with E-state index < -0.39 is 11.9 Å². The zero-order chi connectivity index (χ0) is 24.4. The molecule has 2 rings (SSSR count). The highest BCUT2D eigenvalue weighted by atomic mass is 79.9. The summed E-state index contributed by atoms with van der Waals surface area (Å²) in [6.45, 7) is 8.72. The van der Waals surface area contributed by atoms with Gasteiger partial charge in [-0.05, 0) is 84.1 Å². The lowest BCUT2D eigenvalue weighted by molar-refractivity contribution is -0.123. The lowest BCUT2D eigenvalue weighted by Crippen LogP contribution is -2.46. The molecule has 0 fully saturated rings. The Balaban J connectivity index is 2.11. The van der Waals surface area contributed by atoms with E-state index in [0.717, 1.165) is 4.47 Å². The van der Waals surface area contributed by atoms with Crippen LogP contribution >= 0.6 is 27.5 Å². The Morgan fingerprint density at radius 2 is 1.79 bits per heavy atom. The lowest BCUT2D eigenvalue weighted by atomic mass is 10.0. The maximum Gasteiger partial charge on any atom is 0.262 e. The SMILES string of the molecule is CCOc1cc(/C=N/NC(=O)C(CC(C)C)NC(=O)c2ccc(Cl)cc2)cc(Br)c1OCC. The molecule has 0 aliphatic carbocycles. The monoisotopic (exact) mass is 537 g/mol. The number of rotatable bonds is 11. The van der Waals surface area contributed by atoms with E-state index in [0.29, 0.717) is 47.3 Å². The van der Waals surface area contributed by atoms with Crippen LogP contribution in [0.3, 0.4) is 0 Å². The Labute approximate surface area is 208 Å². The smallest absolute Gasteiger partial charge is 0.262 e. The van der Waals surface area contributed by atoms with Gasteiger partial charge in [0, 0.05) is 10.6 Å². The summed E-state index contributed by atoms with van der Waals surface area (Å²) in [7, 11) is 0. The summed E-state index contributed by atoms with van der Waals surface area (Å²) in [6, 6.07) is 9.34. The Morgan fingerprint density at radius 3 is 2.39 bits per heavy atom. The standard InChI is InChI=1S/C24H29BrClN3O4/c1-5-32-21-13-16(12-19(25)22(21)33-6-2)14-27-29-24(31)20(11-15(3)4)28-23(30)17-7-9-18(26)10-8-17/h7-10,12-15,20H,5-6,11H2,1-4H3,(H,28,30)(H,29,31)/b27-14+. The van der Waals surface area contributed by atoms with E-state index in [1.807, 2.05) is 33.8 Å². The molecular formula is C24H29BrClN3O4. The van der Waals surface area contributed by atoms with Gasteiger partial charge in [0.05, 0.1) is 23.9 Å². The van der Waals surface area contributed by atoms with E-state index in [9.17, 15) is 9.59 Å². The van der Waals surface area contributed by atoms with E-state index in [1.54, 1.807) is 30.3 Å². The molecule has 0 aliphatic rings. The number of hydrogen-bond donors (Lipinski definition) is 2. The quantitative estimate of drug-likeness (QED) is 0.304. The number of ether oxygens (including phenoxy) is 2. The summed E-state index contributed by atoms with van der Waals surface area (Å²) < 4.78 is 12.0. The molecule has 0 aromatic heterocycles. The molecule has 2 N–H and O–H groups in total. The predicted octanol–water partition coefficient (Wildman–Crippen LogP) is 5.19. The van der Waals surface area contributed by atoms with Gasteiger partial charge in [-0.25, -0.2) is 5.43 Å². The average Bonchev–Trinajstić information content (AvgIpc) is 2.76. The molecule has 1 atom stereocenters. The summed E-state index contributed by atoms with van der Waals surface area (Å²) in [6.07, 6.45) is 1.97. The molecule has 33 heavy (non-hydrogen) atoms. The van der Waals surface area contributed by atoms with Gasteiger partial charge in [-0.1, -0.05) is 25.4 Å². The molecule has 2 amide bonds. The van der Waals surface area contributed by atoms with Crippen molar-refractivity contribution in [2.45, 2.75) is 40.2 Å². The number of carbonyl (C=O) groups is 2. The van der Waals surface area contributed by atoms with Gasteiger partial charge in [-0.3, -0.25) is 9.59 Å². The molecule has 0 saturated carbocycles. The number of hydrogen-bond acceptors (Lipinski definition) is 5. The van der Waals surface area contributed by atoms with Crippen LogP contribution in [0.2, 0.25) is 5.02 Å². The zero-order valence-corrected chi connectivity index (χ0v) is 21.5. The maximum atomic E-state index is 12.8. The van der Waals surface area contributed by atoms with Crippen molar-refractivity contribution in [3.63, 3.8) is 0 Å². The van der Waals surface area contributed by atoms with Crippen LogP contribution in [0.1, 0.15) is 50.0 Å². The van der Waals surface area contributed by atoms with Crippen molar-refractivity contribution in [2.75, 3.05) is 13.2 Å². The van der Waals surface area contributed by atoms with Crippen molar-refractivity contribution in [2.24, 2.45) is 11.0 Å². The summed E-state index contributed by atoms with van der Waals surface area (Å²) in [5.74, 6) is 0.619. The molecule has 178 valence electrons. The highest BCUT2D eigenvalue weighted by molar-refractivity contribution is 9.10. The van der Waals surface area contributed by atoms with Crippen LogP contribution in [-0.2, 0) is 4.79 Å². The highest BCUT2D eigenvalue weighted by Crippen LogP contribution is 2.36. The van der Waals surface area contributed by atoms with Crippen molar-refractivity contribution in [3.05, 3.63) is 57.0 Å². The topological polar surface area (TPSA) is 89.0 Å².